The van der Waals surface area contributed by atoms with Crippen LogP contribution in [0.5, 0.6) is 0 Å². The molecule has 4 heteroatoms. The Morgan fingerprint density at radius 2 is 2.13 bits per heavy atom. The minimum Gasteiger partial charge on any atom is -0.232 e. The second kappa shape index (κ2) is 3.79. The van der Waals surface area contributed by atoms with E-state index in [1.54, 1.807) is 11.3 Å². The Bertz CT molecular complexity index is 524. The average Bonchev–Trinajstić information content (AvgIpc) is 2.75. The van der Waals surface area contributed by atoms with Crippen LogP contribution in [0.2, 0.25) is 0 Å². The SMILES string of the molecule is Cc1nc(-c2cccs2)nc(C#N)c1C. The molecule has 0 aliphatic carbocycles. The summed E-state index contributed by atoms with van der Waals surface area (Å²) in [4.78, 5) is 9.60. The molecule has 0 N–H and O–H groups in total. The highest BCUT2D eigenvalue weighted by atomic mass is 32.1. The smallest absolute Gasteiger partial charge is 0.170 e. The quantitative estimate of drug-likeness (QED) is 0.734. The van der Waals surface area contributed by atoms with Crippen LogP contribution >= 0.6 is 11.3 Å². The second-order valence-corrected chi connectivity index (χ2v) is 4.14. The molecule has 0 atom stereocenters. The molecule has 0 radical (unpaired) electrons. The maximum atomic E-state index is 8.93. The largest absolute Gasteiger partial charge is 0.232 e. The van der Waals surface area contributed by atoms with Crippen LogP contribution in [0, 0.1) is 25.2 Å². The summed E-state index contributed by atoms with van der Waals surface area (Å²) < 4.78 is 0. The predicted molar refractivity (Wildman–Crippen MR) is 59.5 cm³/mol. The van der Waals surface area contributed by atoms with Gasteiger partial charge in [0.05, 0.1) is 4.88 Å². The molecule has 2 aromatic rings. The molecule has 0 bridgehead atoms. The summed E-state index contributed by atoms with van der Waals surface area (Å²) in [5.74, 6) is 0.643. The zero-order valence-corrected chi connectivity index (χ0v) is 9.30. The van der Waals surface area contributed by atoms with Gasteiger partial charge in [-0.05, 0) is 25.3 Å². The third-order valence-electron chi connectivity index (χ3n) is 2.24. The van der Waals surface area contributed by atoms with Crippen molar-refractivity contribution >= 4 is 11.3 Å². The fourth-order valence-electron chi connectivity index (χ4n) is 1.25. The van der Waals surface area contributed by atoms with Crippen molar-refractivity contribution < 1.29 is 0 Å². The molecule has 0 amide bonds. The highest BCUT2D eigenvalue weighted by Crippen LogP contribution is 2.22. The summed E-state index contributed by atoms with van der Waals surface area (Å²) in [5, 5.41) is 10.9. The number of nitriles is 1. The summed E-state index contributed by atoms with van der Waals surface area (Å²) in [6.45, 7) is 3.76. The first-order valence-corrected chi connectivity index (χ1v) is 5.39. The van der Waals surface area contributed by atoms with Gasteiger partial charge in [0.15, 0.2) is 5.82 Å². The van der Waals surface area contributed by atoms with Crippen molar-refractivity contribution in [1.82, 2.24) is 9.97 Å². The lowest BCUT2D eigenvalue weighted by Crippen LogP contribution is -1.98. The van der Waals surface area contributed by atoms with Crippen molar-refractivity contribution in [2.45, 2.75) is 13.8 Å². The monoisotopic (exact) mass is 215 g/mol. The van der Waals surface area contributed by atoms with E-state index in [2.05, 4.69) is 16.0 Å². The Kier molecular flexibility index (Phi) is 2.48. The third-order valence-corrected chi connectivity index (χ3v) is 3.10. The maximum Gasteiger partial charge on any atom is 0.170 e. The fourth-order valence-corrected chi connectivity index (χ4v) is 1.91. The highest BCUT2D eigenvalue weighted by Gasteiger charge is 2.09. The molecule has 0 unspecified atom stereocenters. The van der Waals surface area contributed by atoms with Gasteiger partial charge in [0, 0.05) is 11.3 Å². The van der Waals surface area contributed by atoms with Crippen LogP contribution in [0.15, 0.2) is 17.5 Å². The van der Waals surface area contributed by atoms with Gasteiger partial charge in [0.1, 0.15) is 11.8 Å². The lowest BCUT2D eigenvalue weighted by molar-refractivity contribution is 1.05. The molecule has 3 nitrogen and oxygen atoms in total. The first-order valence-electron chi connectivity index (χ1n) is 4.51. The van der Waals surface area contributed by atoms with Gasteiger partial charge in [-0.15, -0.1) is 11.3 Å². The normalized spacial score (nSPS) is 9.93. The zero-order chi connectivity index (χ0) is 10.8. The first-order chi connectivity index (χ1) is 7.22. The number of aryl methyl sites for hydroxylation is 1. The topological polar surface area (TPSA) is 49.6 Å². The number of nitrogens with zero attached hydrogens (tertiary/aromatic N) is 3. The number of hydrogen-bond acceptors (Lipinski definition) is 4. The molecule has 15 heavy (non-hydrogen) atoms. The molecule has 74 valence electrons. The van der Waals surface area contributed by atoms with Gasteiger partial charge in [0.2, 0.25) is 0 Å². The molecule has 0 aliphatic heterocycles. The van der Waals surface area contributed by atoms with Gasteiger partial charge in [-0.25, -0.2) is 9.97 Å². The van der Waals surface area contributed by atoms with Crippen molar-refractivity contribution in [2.75, 3.05) is 0 Å². The Morgan fingerprint density at radius 3 is 2.73 bits per heavy atom. The second-order valence-electron chi connectivity index (χ2n) is 3.20. The predicted octanol–water partition coefficient (Wildman–Crippen LogP) is 2.69. The average molecular weight is 215 g/mol. The number of aromatic nitrogens is 2. The molecule has 0 aliphatic rings. The van der Waals surface area contributed by atoms with Gasteiger partial charge in [-0.3, -0.25) is 0 Å². The van der Waals surface area contributed by atoms with Gasteiger partial charge in [0.25, 0.3) is 0 Å². The Balaban J connectivity index is 2.62. The van der Waals surface area contributed by atoms with E-state index in [0.29, 0.717) is 11.5 Å². The van der Waals surface area contributed by atoms with Crippen LogP contribution in [0.3, 0.4) is 0 Å². The van der Waals surface area contributed by atoms with Gasteiger partial charge in [-0.2, -0.15) is 5.26 Å². The Labute approximate surface area is 92.1 Å². The molecule has 0 fully saturated rings. The van der Waals surface area contributed by atoms with Gasteiger partial charge >= 0.3 is 0 Å². The lowest BCUT2D eigenvalue weighted by Gasteiger charge is -2.03. The fraction of sp³-hybridized carbons (Fsp3) is 0.182. The Hall–Kier alpha value is -1.73. The minimum atomic E-state index is 0.464. The molecular weight excluding hydrogens is 206 g/mol. The molecule has 0 saturated carbocycles. The maximum absolute atomic E-state index is 8.93. The number of hydrogen-bond donors (Lipinski definition) is 0. The molecule has 2 aromatic heterocycles. The van der Waals surface area contributed by atoms with Gasteiger partial charge in [-0.1, -0.05) is 6.07 Å². The van der Waals surface area contributed by atoms with E-state index in [0.717, 1.165) is 16.1 Å². The Morgan fingerprint density at radius 1 is 1.33 bits per heavy atom. The highest BCUT2D eigenvalue weighted by molar-refractivity contribution is 7.13. The summed E-state index contributed by atoms with van der Waals surface area (Å²) in [6, 6.07) is 6.00. The molecule has 0 spiro atoms. The van der Waals surface area contributed by atoms with Crippen molar-refractivity contribution in [3.63, 3.8) is 0 Å². The van der Waals surface area contributed by atoms with Crippen LogP contribution in [-0.4, -0.2) is 9.97 Å². The molecular formula is C11H9N3S. The lowest BCUT2D eigenvalue weighted by atomic mass is 10.2. The summed E-state index contributed by atoms with van der Waals surface area (Å²) in [7, 11) is 0. The van der Waals surface area contributed by atoms with Crippen molar-refractivity contribution in [2.24, 2.45) is 0 Å². The number of thiophene rings is 1. The summed E-state index contributed by atoms with van der Waals surface area (Å²) in [5.41, 5.74) is 2.19. The standard InChI is InChI=1S/C11H9N3S/c1-7-8(2)13-11(14-9(7)6-12)10-4-3-5-15-10/h3-5H,1-2H3. The van der Waals surface area contributed by atoms with Crippen molar-refractivity contribution in [1.29, 1.82) is 5.26 Å². The third kappa shape index (κ3) is 1.74. The van der Waals surface area contributed by atoms with E-state index in [4.69, 9.17) is 5.26 Å². The van der Waals surface area contributed by atoms with Crippen LogP contribution < -0.4 is 0 Å². The van der Waals surface area contributed by atoms with Crippen LogP contribution in [-0.2, 0) is 0 Å². The number of rotatable bonds is 1. The van der Waals surface area contributed by atoms with E-state index in [9.17, 15) is 0 Å². The van der Waals surface area contributed by atoms with E-state index in [-0.39, 0.29) is 0 Å². The summed E-state index contributed by atoms with van der Waals surface area (Å²) in [6.07, 6.45) is 0. The van der Waals surface area contributed by atoms with Crippen molar-refractivity contribution in [3.8, 4) is 16.8 Å². The van der Waals surface area contributed by atoms with Crippen molar-refractivity contribution in [3.05, 3.63) is 34.5 Å². The molecule has 2 heterocycles. The minimum absolute atomic E-state index is 0.464. The van der Waals surface area contributed by atoms with Crippen LogP contribution in [0.4, 0.5) is 0 Å². The molecule has 2 rings (SSSR count). The van der Waals surface area contributed by atoms with E-state index >= 15 is 0 Å². The zero-order valence-electron chi connectivity index (χ0n) is 8.48. The van der Waals surface area contributed by atoms with Crippen LogP contribution in [0.25, 0.3) is 10.7 Å². The first kappa shape index (κ1) is 9.81. The van der Waals surface area contributed by atoms with E-state index < -0.39 is 0 Å². The summed E-state index contributed by atoms with van der Waals surface area (Å²) >= 11 is 1.58. The van der Waals surface area contributed by atoms with Crippen LogP contribution in [0.1, 0.15) is 17.0 Å². The molecule has 0 saturated heterocycles. The van der Waals surface area contributed by atoms with Gasteiger partial charge < -0.3 is 0 Å². The molecule has 0 aromatic carbocycles. The van der Waals surface area contributed by atoms with E-state index in [1.807, 2.05) is 31.4 Å². The van der Waals surface area contributed by atoms with E-state index in [1.165, 1.54) is 0 Å².